The highest BCUT2D eigenvalue weighted by Crippen LogP contribution is 2.08. The Labute approximate surface area is 108 Å². The molecule has 0 spiro atoms. The zero-order chi connectivity index (χ0) is 13.4. The van der Waals surface area contributed by atoms with Crippen molar-refractivity contribution < 1.29 is 18.3 Å². The molecule has 1 aliphatic heterocycles. The maximum Gasteiger partial charge on any atom is 0.304 e. The van der Waals surface area contributed by atoms with Gasteiger partial charge in [-0.2, -0.15) is 0 Å². The van der Waals surface area contributed by atoms with Crippen molar-refractivity contribution >= 4 is 16.0 Å². The number of hydrogen-bond acceptors (Lipinski definition) is 4. The molecule has 0 aromatic carbocycles. The summed E-state index contributed by atoms with van der Waals surface area (Å²) in [6.45, 7) is 3.50. The molecule has 6 nitrogen and oxygen atoms in total. The summed E-state index contributed by atoms with van der Waals surface area (Å²) in [6.07, 6.45) is 4.17. The van der Waals surface area contributed by atoms with E-state index in [2.05, 4.69) is 9.62 Å². The Morgan fingerprint density at radius 2 is 1.89 bits per heavy atom. The second-order valence-electron chi connectivity index (χ2n) is 4.61. The molecule has 0 aliphatic carbocycles. The summed E-state index contributed by atoms with van der Waals surface area (Å²) >= 11 is 0. The van der Waals surface area contributed by atoms with Gasteiger partial charge in [-0.3, -0.25) is 4.79 Å². The Balaban J connectivity index is 2.10. The van der Waals surface area contributed by atoms with E-state index in [0.29, 0.717) is 6.54 Å². The van der Waals surface area contributed by atoms with Crippen molar-refractivity contribution in [3.05, 3.63) is 0 Å². The fourth-order valence-corrected chi connectivity index (χ4v) is 3.05. The van der Waals surface area contributed by atoms with Crippen LogP contribution in [0.25, 0.3) is 0 Å². The first-order chi connectivity index (χ1) is 8.49. The highest BCUT2D eigenvalue weighted by molar-refractivity contribution is 7.89. The van der Waals surface area contributed by atoms with Crippen LogP contribution in [0.2, 0.25) is 0 Å². The van der Waals surface area contributed by atoms with Crippen LogP contribution in [-0.2, 0) is 14.8 Å². The quantitative estimate of drug-likeness (QED) is 0.622. The topological polar surface area (TPSA) is 86.7 Å². The number of aliphatic carboxylic acids is 1. The lowest BCUT2D eigenvalue weighted by Gasteiger charge is -2.26. The average Bonchev–Trinajstić information content (AvgIpc) is 2.34. The third-order valence-electron chi connectivity index (χ3n) is 3.01. The van der Waals surface area contributed by atoms with E-state index in [4.69, 9.17) is 5.11 Å². The van der Waals surface area contributed by atoms with Gasteiger partial charge >= 0.3 is 5.97 Å². The Hall–Kier alpha value is -0.660. The van der Waals surface area contributed by atoms with Gasteiger partial charge in [0.15, 0.2) is 0 Å². The molecule has 1 fully saturated rings. The molecule has 0 bridgehead atoms. The lowest BCUT2D eigenvalue weighted by molar-refractivity contribution is -0.136. The Bertz CT molecular complexity index is 350. The van der Waals surface area contributed by atoms with Crippen LogP contribution in [0, 0.1) is 0 Å². The zero-order valence-corrected chi connectivity index (χ0v) is 11.4. The molecule has 2 N–H and O–H groups in total. The molecule has 0 atom stereocenters. The largest absolute Gasteiger partial charge is 0.481 e. The van der Waals surface area contributed by atoms with E-state index >= 15 is 0 Å². The minimum atomic E-state index is -3.43. The molecule has 1 saturated heterocycles. The van der Waals surface area contributed by atoms with Gasteiger partial charge in [0.05, 0.1) is 12.2 Å². The van der Waals surface area contributed by atoms with Crippen molar-refractivity contribution in [3.8, 4) is 0 Å². The lowest BCUT2D eigenvalue weighted by atomic mass is 10.1. The van der Waals surface area contributed by atoms with Crippen LogP contribution in [0.5, 0.6) is 0 Å². The summed E-state index contributed by atoms with van der Waals surface area (Å²) in [7, 11) is -3.43. The van der Waals surface area contributed by atoms with Crippen LogP contribution < -0.4 is 4.72 Å². The van der Waals surface area contributed by atoms with E-state index in [1.165, 1.54) is 19.3 Å². The van der Waals surface area contributed by atoms with E-state index in [1.807, 2.05) is 0 Å². The summed E-state index contributed by atoms with van der Waals surface area (Å²) in [5, 5.41) is 8.42. The standard InChI is InChI=1S/C11H22N2O4S/c14-11(15)5-10-18(16,17)12-6-4-9-13-7-2-1-3-8-13/h12H,1-10H2,(H,14,15). The molecule has 106 valence electrons. The van der Waals surface area contributed by atoms with Gasteiger partial charge in [0, 0.05) is 6.54 Å². The van der Waals surface area contributed by atoms with E-state index in [0.717, 1.165) is 26.1 Å². The van der Waals surface area contributed by atoms with Gasteiger partial charge in [-0.15, -0.1) is 0 Å². The third kappa shape index (κ3) is 6.93. The molecule has 0 radical (unpaired) electrons. The fraction of sp³-hybridized carbons (Fsp3) is 0.909. The van der Waals surface area contributed by atoms with Gasteiger partial charge in [0.25, 0.3) is 0 Å². The molecule has 1 heterocycles. The van der Waals surface area contributed by atoms with Gasteiger partial charge < -0.3 is 10.0 Å². The van der Waals surface area contributed by atoms with Gasteiger partial charge in [-0.25, -0.2) is 13.1 Å². The number of carboxylic acid groups (broad SMARTS) is 1. The van der Waals surface area contributed by atoms with E-state index in [-0.39, 0.29) is 12.2 Å². The van der Waals surface area contributed by atoms with Gasteiger partial charge in [0.2, 0.25) is 10.0 Å². The number of piperidine rings is 1. The Morgan fingerprint density at radius 3 is 2.50 bits per heavy atom. The molecule has 0 saturated carbocycles. The number of likely N-dealkylation sites (tertiary alicyclic amines) is 1. The van der Waals surface area contributed by atoms with Crippen LogP contribution in [-0.4, -0.2) is 56.3 Å². The normalized spacial score (nSPS) is 17.8. The van der Waals surface area contributed by atoms with Crippen LogP contribution in [0.15, 0.2) is 0 Å². The lowest BCUT2D eigenvalue weighted by Crippen LogP contribution is -2.34. The first-order valence-electron chi connectivity index (χ1n) is 6.41. The minimum absolute atomic E-state index is 0.341. The van der Waals surface area contributed by atoms with Crippen LogP contribution in [0.1, 0.15) is 32.1 Å². The van der Waals surface area contributed by atoms with Crippen LogP contribution >= 0.6 is 0 Å². The van der Waals surface area contributed by atoms with Crippen molar-refractivity contribution in [3.63, 3.8) is 0 Å². The minimum Gasteiger partial charge on any atom is -0.481 e. The number of rotatable bonds is 8. The summed E-state index contributed by atoms with van der Waals surface area (Å²) < 4.78 is 25.2. The van der Waals surface area contributed by atoms with Crippen LogP contribution in [0.4, 0.5) is 0 Å². The molecule has 18 heavy (non-hydrogen) atoms. The SMILES string of the molecule is O=C(O)CCS(=O)(=O)NCCCN1CCCCC1. The molecule has 7 heteroatoms. The second-order valence-corrected chi connectivity index (χ2v) is 6.54. The van der Waals surface area contributed by atoms with E-state index < -0.39 is 16.0 Å². The molecule has 0 aromatic heterocycles. The number of nitrogens with zero attached hydrogens (tertiary/aromatic N) is 1. The molecule has 1 aliphatic rings. The molecule has 0 aromatic rings. The summed E-state index contributed by atoms with van der Waals surface area (Å²) in [5.74, 6) is -1.43. The van der Waals surface area contributed by atoms with E-state index in [9.17, 15) is 13.2 Å². The van der Waals surface area contributed by atoms with Crippen molar-refractivity contribution in [2.75, 3.05) is 31.9 Å². The monoisotopic (exact) mass is 278 g/mol. The van der Waals surface area contributed by atoms with Gasteiger partial charge in [0.1, 0.15) is 0 Å². The fourth-order valence-electron chi connectivity index (χ4n) is 2.01. The second kappa shape index (κ2) is 7.70. The summed E-state index contributed by atoms with van der Waals surface area (Å²) in [5.41, 5.74) is 0. The highest BCUT2D eigenvalue weighted by Gasteiger charge is 2.13. The smallest absolute Gasteiger partial charge is 0.304 e. The predicted octanol–water partition coefficient (Wildman–Crippen LogP) is 0.257. The molecule has 0 amide bonds. The number of carbonyl (C=O) groups is 1. The van der Waals surface area contributed by atoms with E-state index in [1.54, 1.807) is 0 Å². The molecule has 1 rings (SSSR count). The van der Waals surface area contributed by atoms with Gasteiger partial charge in [-0.1, -0.05) is 6.42 Å². The van der Waals surface area contributed by atoms with Crippen LogP contribution in [0.3, 0.4) is 0 Å². The predicted molar refractivity (Wildman–Crippen MR) is 69.0 cm³/mol. The average molecular weight is 278 g/mol. The Morgan fingerprint density at radius 1 is 1.22 bits per heavy atom. The first kappa shape index (κ1) is 15.4. The third-order valence-corrected chi connectivity index (χ3v) is 4.39. The van der Waals surface area contributed by atoms with Crippen molar-refractivity contribution in [2.45, 2.75) is 32.1 Å². The van der Waals surface area contributed by atoms with Crippen molar-refractivity contribution in [1.29, 1.82) is 0 Å². The molecular weight excluding hydrogens is 256 g/mol. The number of sulfonamides is 1. The van der Waals surface area contributed by atoms with Crippen molar-refractivity contribution in [2.24, 2.45) is 0 Å². The maximum atomic E-state index is 11.4. The highest BCUT2D eigenvalue weighted by atomic mass is 32.2. The first-order valence-corrected chi connectivity index (χ1v) is 8.06. The molecule has 0 unspecified atom stereocenters. The summed E-state index contributed by atoms with van der Waals surface area (Å²) in [4.78, 5) is 12.6. The number of nitrogens with one attached hydrogen (secondary N) is 1. The number of hydrogen-bond donors (Lipinski definition) is 2. The van der Waals surface area contributed by atoms with Gasteiger partial charge in [-0.05, 0) is 38.9 Å². The number of carboxylic acids is 1. The summed E-state index contributed by atoms with van der Waals surface area (Å²) in [6, 6.07) is 0. The maximum absolute atomic E-state index is 11.4. The zero-order valence-electron chi connectivity index (χ0n) is 10.6. The molecular formula is C11H22N2O4S. The Kier molecular flexibility index (Phi) is 6.59. The van der Waals surface area contributed by atoms with Crippen molar-refractivity contribution in [1.82, 2.24) is 9.62 Å².